The van der Waals surface area contributed by atoms with E-state index in [1.54, 1.807) is 0 Å². The Morgan fingerprint density at radius 3 is 2.94 bits per heavy atom. The van der Waals surface area contributed by atoms with E-state index in [0.29, 0.717) is 18.0 Å². The van der Waals surface area contributed by atoms with Crippen LogP contribution in [0.3, 0.4) is 0 Å². The molecule has 0 saturated carbocycles. The number of benzene rings is 1. The zero-order valence-electron chi connectivity index (χ0n) is 10.5. The molecule has 1 aliphatic rings. The van der Waals surface area contributed by atoms with E-state index in [-0.39, 0.29) is 0 Å². The Bertz CT molecular complexity index is 449. The fourth-order valence-corrected chi connectivity index (χ4v) is 3.03. The summed E-state index contributed by atoms with van der Waals surface area (Å²) in [5.41, 5.74) is 0.381. The first-order valence-corrected chi connectivity index (χ1v) is 6.69. The Labute approximate surface area is 112 Å². The van der Waals surface area contributed by atoms with Gasteiger partial charge in [-0.1, -0.05) is 30.7 Å². The Morgan fingerprint density at radius 1 is 1.56 bits per heavy atom. The molecule has 0 amide bonds. The van der Waals surface area contributed by atoms with Crippen molar-refractivity contribution < 1.29 is 9.90 Å². The van der Waals surface area contributed by atoms with Gasteiger partial charge in [0.15, 0.2) is 0 Å². The first-order chi connectivity index (χ1) is 8.58. The maximum atomic E-state index is 11.6. The maximum absolute atomic E-state index is 11.6. The number of carboxylic acids is 1. The zero-order chi connectivity index (χ0) is 13.2. The first kappa shape index (κ1) is 13.4. The summed E-state index contributed by atoms with van der Waals surface area (Å²) >= 11 is 5.96. The summed E-state index contributed by atoms with van der Waals surface area (Å²) < 4.78 is 0. The van der Waals surface area contributed by atoms with Crippen molar-refractivity contribution in [2.75, 3.05) is 6.54 Å². The van der Waals surface area contributed by atoms with Crippen LogP contribution in [0.4, 0.5) is 0 Å². The minimum absolute atomic E-state index is 0.642. The van der Waals surface area contributed by atoms with E-state index < -0.39 is 11.5 Å². The molecule has 1 atom stereocenters. The summed E-state index contributed by atoms with van der Waals surface area (Å²) in [5, 5.41) is 10.2. The lowest BCUT2D eigenvalue weighted by Crippen LogP contribution is -2.49. The number of hydrogen-bond acceptors (Lipinski definition) is 2. The molecule has 98 valence electrons. The topological polar surface area (TPSA) is 40.5 Å². The minimum atomic E-state index is -0.704. The molecule has 1 fully saturated rings. The van der Waals surface area contributed by atoms with Gasteiger partial charge < -0.3 is 5.11 Å². The van der Waals surface area contributed by atoms with Gasteiger partial charge in [0.25, 0.3) is 0 Å². The second-order valence-corrected chi connectivity index (χ2v) is 5.28. The van der Waals surface area contributed by atoms with Crippen LogP contribution >= 0.6 is 11.6 Å². The molecule has 1 N–H and O–H groups in total. The first-order valence-electron chi connectivity index (χ1n) is 6.31. The zero-order valence-corrected chi connectivity index (χ0v) is 11.3. The number of hydrogen-bond donors (Lipinski definition) is 1. The molecule has 1 aliphatic heterocycles. The van der Waals surface area contributed by atoms with Gasteiger partial charge in [0, 0.05) is 11.6 Å². The molecule has 0 radical (unpaired) electrons. The number of rotatable bonds is 4. The number of nitrogens with zero attached hydrogens (tertiary/aromatic N) is 1. The Balaban J connectivity index is 2.20. The van der Waals surface area contributed by atoms with Crippen molar-refractivity contribution in [3.8, 4) is 0 Å². The standard InChI is InChI=1S/C14H18ClNO2/c1-2-14(13(17)18)7-4-8-16(14)10-11-5-3-6-12(15)9-11/h3,5-6,9H,2,4,7-8,10H2,1H3,(H,17,18). The van der Waals surface area contributed by atoms with Crippen LogP contribution in [-0.4, -0.2) is 28.1 Å². The van der Waals surface area contributed by atoms with Crippen LogP contribution in [0.5, 0.6) is 0 Å². The number of carbonyl (C=O) groups is 1. The highest BCUT2D eigenvalue weighted by atomic mass is 35.5. The van der Waals surface area contributed by atoms with Crippen LogP contribution in [0.2, 0.25) is 5.02 Å². The van der Waals surface area contributed by atoms with Gasteiger partial charge in [-0.15, -0.1) is 0 Å². The van der Waals surface area contributed by atoms with E-state index in [1.165, 1.54) is 0 Å². The average molecular weight is 268 g/mol. The molecule has 1 aromatic rings. The molecular formula is C14H18ClNO2. The molecule has 2 rings (SSSR count). The third-order valence-corrected chi connectivity index (χ3v) is 4.10. The molecule has 1 heterocycles. The number of aliphatic carboxylic acids is 1. The van der Waals surface area contributed by atoms with Gasteiger partial charge in [-0.25, -0.2) is 0 Å². The Kier molecular flexibility index (Phi) is 3.93. The number of likely N-dealkylation sites (tertiary alicyclic amines) is 1. The van der Waals surface area contributed by atoms with Crippen LogP contribution in [0.1, 0.15) is 31.7 Å². The fourth-order valence-electron chi connectivity index (χ4n) is 2.81. The molecule has 4 heteroatoms. The fraction of sp³-hybridized carbons (Fsp3) is 0.500. The summed E-state index contributed by atoms with van der Waals surface area (Å²) in [6, 6.07) is 7.63. The summed E-state index contributed by atoms with van der Waals surface area (Å²) in [4.78, 5) is 13.6. The van der Waals surface area contributed by atoms with Gasteiger partial charge in [0.05, 0.1) is 0 Å². The molecule has 0 aliphatic carbocycles. The lowest BCUT2D eigenvalue weighted by Gasteiger charge is -2.33. The van der Waals surface area contributed by atoms with Crippen molar-refractivity contribution in [2.24, 2.45) is 0 Å². The van der Waals surface area contributed by atoms with Crippen molar-refractivity contribution in [1.29, 1.82) is 0 Å². The molecular weight excluding hydrogens is 250 g/mol. The summed E-state index contributed by atoms with van der Waals surface area (Å²) in [6.45, 7) is 3.44. The summed E-state index contributed by atoms with van der Waals surface area (Å²) in [6.07, 6.45) is 2.32. The SMILES string of the molecule is CCC1(C(=O)O)CCCN1Cc1cccc(Cl)c1. The van der Waals surface area contributed by atoms with Crippen molar-refractivity contribution in [3.63, 3.8) is 0 Å². The van der Waals surface area contributed by atoms with Gasteiger partial charge in [0.1, 0.15) is 5.54 Å². The van der Waals surface area contributed by atoms with Gasteiger partial charge >= 0.3 is 5.97 Å². The lowest BCUT2D eigenvalue weighted by molar-refractivity contribution is -0.150. The third kappa shape index (κ3) is 2.38. The molecule has 0 aromatic heterocycles. The molecule has 1 aromatic carbocycles. The predicted octanol–water partition coefficient (Wildman–Crippen LogP) is 3.17. The molecule has 18 heavy (non-hydrogen) atoms. The average Bonchev–Trinajstić information content (AvgIpc) is 2.73. The van der Waals surface area contributed by atoms with Gasteiger partial charge in [-0.3, -0.25) is 9.69 Å². The van der Waals surface area contributed by atoms with E-state index >= 15 is 0 Å². The van der Waals surface area contributed by atoms with Crippen molar-refractivity contribution in [2.45, 2.75) is 38.3 Å². The highest BCUT2D eigenvalue weighted by molar-refractivity contribution is 6.30. The molecule has 3 nitrogen and oxygen atoms in total. The highest BCUT2D eigenvalue weighted by Crippen LogP contribution is 2.34. The number of carboxylic acid groups (broad SMARTS) is 1. The predicted molar refractivity (Wildman–Crippen MR) is 71.8 cm³/mol. The number of halogens is 1. The van der Waals surface area contributed by atoms with Crippen LogP contribution in [0.15, 0.2) is 24.3 Å². The Hall–Kier alpha value is -1.06. The van der Waals surface area contributed by atoms with E-state index in [2.05, 4.69) is 4.90 Å². The smallest absolute Gasteiger partial charge is 0.324 e. The Morgan fingerprint density at radius 2 is 2.33 bits per heavy atom. The van der Waals surface area contributed by atoms with Gasteiger partial charge in [-0.2, -0.15) is 0 Å². The van der Waals surface area contributed by atoms with Crippen molar-refractivity contribution in [3.05, 3.63) is 34.9 Å². The highest BCUT2D eigenvalue weighted by Gasteiger charge is 2.45. The summed E-state index contributed by atoms with van der Waals surface area (Å²) in [5.74, 6) is -0.704. The second-order valence-electron chi connectivity index (χ2n) is 4.85. The van der Waals surface area contributed by atoms with E-state index in [9.17, 15) is 9.90 Å². The van der Waals surface area contributed by atoms with E-state index in [1.807, 2.05) is 31.2 Å². The molecule has 0 spiro atoms. The van der Waals surface area contributed by atoms with Crippen LogP contribution in [0.25, 0.3) is 0 Å². The monoisotopic (exact) mass is 267 g/mol. The van der Waals surface area contributed by atoms with Gasteiger partial charge in [-0.05, 0) is 43.5 Å². The van der Waals surface area contributed by atoms with E-state index in [0.717, 1.165) is 24.9 Å². The second kappa shape index (κ2) is 5.29. The maximum Gasteiger partial charge on any atom is 0.324 e. The van der Waals surface area contributed by atoms with Crippen LogP contribution in [0, 0.1) is 0 Å². The van der Waals surface area contributed by atoms with Crippen LogP contribution in [-0.2, 0) is 11.3 Å². The van der Waals surface area contributed by atoms with E-state index in [4.69, 9.17) is 11.6 Å². The summed E-state index contributed by atoms with van der Waals surface area (Å²) in [7, 11) is 0. The quantitative estimate of drug-likeness (QED) is 0.911. The molecule has 0 bridgehead atoms. The normalized spacial score (nSPS) is 24.3. The molecule has 1 unspecified atom stereocenters. The minimum Gasteiger partial charge on any atom is -0.480 e. The van der Waals surface area contributed by atoms with Crippen LogP contribution < -0.4 is 0 Å². The van der Waals surface area contributed by atoms with Gasteiger partial charge in [0.2, 0.25) is 0 Å². The van der Waals surface area contributed by atoms with Crippen molar-refractivity contribution >= 4 is 17.6 Å². The lowest BCUT2D eigenvalue weighted by atomic mass is 9.92. The molecule has 1 saturated heterocycles. The largest absolute Gasteiger partial charge is 0.480 e. The third-order valence-electron chi connectivity index (χ3n) is 3.87. The van der Waals surface area contributed by atoms with Crippen molar-refractivity contribution in [1.82, 2.24) is 4.90 Å².